The lowest BCUT2D eigenvalue weighted by Gasteiger charge is -2.59. The van der Waals surface area contributed by atoms with Gasteiger partial charge in [0.1, 0.15) is 0 Å². The van der Waals surface area contributed by atoms with Gasteiger partial charge < -0.3 is 15.3 Å². The summed E-state index contributed by atoms with van der Waals surface area (Å²) in [5.74, 6) is 2.63. The molecule has 0 unspecified atom stereocenters. The Morgan fingerprint density at radius 3 is 2.40 bits per heavy atom. The van der Waals surface area contributed by atoms with E-state index in [-0.39, 0.29) is 11.5 Å². The normalized spacial score (nSPS) is 44.6. The van der Waals surface area contributed by atoms with Gasteiger partial charge in [-0.2, -0.15) is 0 Å². The van der Waals surface area contributed by atoms with E-state index in [1.165, 1.54) is 31.3 Å². The summed E-state index contributed by atoms with van der Waals surface area (Å²) in [4.78, 5) is 0. The molecule has 4 aliphatic rings. The van der Waals surface area contributed by atoms with Crippen LogP contribution in [0.3, 0.4) is 0 Å². The van der Waals surface area contributed by atoms with E-state index in [0.717, 1.165) is 43.4 Å². The van der Waals surface area contributed by atoms with E-state index in [2.05, 4.69) is 40.7 Å². The Morgan fingerprint density at radius 2 is 1.70 bits per heavy atom. The fourth-order valence-electron chi connectivity index (χ4n) is 8.57. The molecule has 8 atom stereocenters. The predicted molar refractivity (Wildman–Crippen MR) is 122 cm³/mol. The minimum atomic E-state index is -1.49. The van der Waals surface area contributed by atoms with Crippen LogP contribution in [-0.2, 0) is 0 Å². The topological polar surface area (TPSA) is 60.7 Å². The zero-order valence-corrected chi connectivity index (χ0v) is 20.0. The third kappa shape index (κ3) is 3.71. The highest BCUT2D eigenvalue weighted by atomic mass is 16.5. The molecule has 0 bridgehead atoms. The number of fused-ring (bicyclic) bond motifs is 5. The summed E-state index contributed by atoms with van der Waals surface area (Å²) in [6, 6.07) is 0. The average molecular weight is 419 g/mol. The number of allylic oxidation sites excluding steroid dienone is 1. The Bertz CT molecular complexity index is 667. The second-order valence-corrected chi connectivity index (χ2v) is 12.5. The quantitative estimate of drug-likeness (QED) is 0.398. The van der Waals surface area contributed by atoms with Gasteiger partial charge in [-0.15, -0.1) is 0 Å². The van der Waals surface area contributed by atoms with Crippen molar-refractivity contribution in [1.29, 1.82) is 0 Å². The van der Waals surface area contributed by atoms with Crippen molar-refractivity contribution in [1.82, 2.24) is 0 Å². The summed E-state index contributed by atoms with van der Waals surface area (Å²) in [5.41, 5.74) is 1.94. The maximum absolute atomic E-state index is 10.3. The Hall–Kier alpha value is -0.380. The van der Waals surface area contributed by atoms with Crippen LogP contribution >= 0.6 is 0 Å². The summed E-state index contributed by atoms with van der Waals surface area (Å²) >= 11 is 0. The van der Waals surface area contributed by atoms with E-state index in [9.17, 15) is 15.3 Å². The van der Waals surface area contributed by atoms with Crippen molar-refractivity contribution in [2.45, 2.75) is 111 Å². The lowest BCUT2D eigenvalue weighted by Crippen LogP contribution is -2.52. The first-order chi connectivity index (χ1) is 14.0. The van der Waals surface area contributed by atoms with Gasteiger partial charge in [0, 0.05) is 12.8 Å². The van der Waals surface area contributed by atoms with Gasteiger partial charge in [-0.3, -0.25) is 0 Å². The lowest BCUT2D eigenvalue weighted by atomic mass is 9.46. The van der Waals surface area contributed by atoms with E-state index >= 15 is 0 Å². The first-order valence-corrected chi connectivity index (χ1v) is 12.8. The van der Waals surface area contributed by atoms with Crippen LogP contribution < -0.4 is 0 Å². The minimum absolute atomic E-state index is 0.161. The molecule has 4 aliphatic carbocycles. The van der Waals surface area contributed by atoms with Gasteiger partial charge in [0.2, 0.25) is 0 Å². The molecule has 0 heterocycles. The number of aliphatic hydroxyl groups excluding tert-OH is 1. The van der Waals surface area contributed by atoms with Gasteiger partial charge in [-0.05, 0) is 97.7 Å². The van der Waals surface area contributed by atoms with Gasteiger partial charge in [-0.1, -0.05) is 46.3 Å². The van der Waals surface area contributed by atoms with Gasteiger partial charge >= 0.3 is 0 Å². The molecule has 0 aliphatic heterocycles. The number of aliphatic hydroxyl groups is 3. The molecule has 0 aromatic carbocycles. The highest BCUT2D eigenvalue weighted by Gasteiger charge is 2.59. The summed E-state index contributed by atoms with van der Waals surface area (Å²) in [6.07, 6.45) is 12.7. The SMILES string of the molecule is CC(C)[C@@H](O)CC[C@@H](C)[C@H]1CC[C@H]2[C@@H]3CC=C4CC(O)(O)CC[C@]4(C)[C@H]3CC[C@]12C. The third-order valence-electron chi connectivity index (χ3n) is 10.6. The molecule has 3 nitrogen and oxygen atoms in total. The van der Waals surface area contributed by atoms with E-state index < -0.39 is 5.79 Å². The molecule has 3 fully saturated rings. The van der Waals surface area contributed by atoms with Crippen molar-refractivity contribution in [3.05, 3.63) is 11.6 Å². The molecule has 4 rings (SSSR count). The molecule has 172 valence electrons. The summed E-state index contributed by atoms with van der Waals surface area (Å²) < 4.78 is 0. The third-order valence-corrected chi connectivity index (χ3v) is 10.6. The fourth-order valence-corrected chi connectivity index (χ4v) is 8.57. The van der Waals surface area contributed by atoms with Crippen LogP contribution in [-0.4, -0.2) is 27.2 Å². The number of hydrogen-bond donors (Lipinski definition) is 3. The van der Waals surface area contributed by atoms with Gasteiger partial charge in [0.05, 0.1) is 6.10 Å². The minimum Gasteiger partial charge on any atom is -0.393 e. The van der Waals surface area contributed by atoms with Gasteiger partial charge in [-0.25, -0.2) is 0 Å². The van der Waals surface area contributed by atoms with E-state index in [0.29, 0.717) is 36.0 Å². The highest BCUT2D eigenvalue weighted by Crippen LogP contribution is 2.67. The smallest absolute Gasteiger partial charge is 0.166 e. The van der Waals surface area contributed by atoms with Crippen LogP contribution in [0.4, 0.5) is 0 Å². The maximum atomic E-state index is 10.3. The zero-order valence-electron chi connectivity index (χ0n) is 20.0. The molecule has 3 N–H and O–H groups in total. The van der Waals surface area contributed by atoms with Crippen molar-refractivity contribution in [2.24, 2.45) is 46.3 Å². The fraction of sp³-hybridized carbons (Fsp3) is 0.926. The Balaban J connectivity index is 1.49. The lowest BCUT2D eigenvalue weighted by molar-refractivity contribution is -0.189. The van der Waals surface area contributed by atoms with Crippen molar-refractivity contribution in [3.8, 4) is 0 Å². The largest absolute Gasteiger partial charge is 0.393 e. The van der Waals surface area contributed by atoms with E-state index in [1.807, 2.05) is 0 Å². The van der Waals surface area contributed by atoms with Crippen LogP contribution in [0.2, 0.25) is 0 Å². The van der Waals surface area contributed by atoms with Gasteiger partial charge in [0.25, 0.3) is 0 Å². The Kier molecular flexibility index (Phi) is 5.99. The standard InChI is InChI=1S/C27H46O3/c1-17(2)24(28)11-6-18(3)21-9-10-22-20-8-7-19-16-27(29,30)15-14-25(19,4)23(20)12-13-26(21,22)5/h7,17-18,20-24,28-30H,6,8-16H2,1-5H3/t18-,20+,21-,22+,23+,24+,25+,26-/m1/s1. The first-order valence-electron chi connectivity index (χ1n) is 12.8. The molecule has 0 spiro atoms. The molecule has 0 amide bonds. The molecule has 3 saturated carbocycles. The van der Waals surface area contributed by atoms with Crippen molar-refractivity contribution in [3.63, 3.8) is 0 Å². The molecule has 0 saturated heterocycles. The van der Waals surface area contributed by atoms with Crippen molar-refractivity contribution in [2.75, 3.05) is 0 Å². The monoisotopic (exact) mass is 418 g/mol. The van der Waals surface area contributed by atoms with Crippen LogP contribution in [0.15, 0.2) is 11.6 Å². The molecule has 3 heteroatoms. The number of hydrogen-bond acceptors (Lipinski definition) is 3. The zero-order chi connectivity index (χ0) is 21.9. The van der Waals surface area contributed by atoms with Crippen molar-refractivity contribution >= 4 is 0 Å². The number of rotatable bonds is 5. The molecule has 30 heavy (non-hydrogen) atoms. The highest BCUT2D eigenvalue weighted by molar-refractivity contribution is 5.26. The molecule has 0 aromatic rings. The van der Waals surface area contributed by atoms with E-state index in [1.54, 1.807) is 0 Å². The predicted octanol–water partition coefficient (Wildman–Crippen LogP) is 5.68. The van der Waals surface area contributed by atoms with Crippen molar-refractivity contribution < 1.29 is 15.3 Å². The molecule has 0 radical (unpaired) electrons. The Labute approximate surface area is 184 Å². The van der Waals surface area contributed by atoms with Crippen LogP contribution in [0.25, 0.3) is 0 Å². The second kappa shape index (κ2) is 7.89. The molecule has 0 aromatic heterocycles. The summed E-state index contributed by atoms with van der Waals surface area (Å²) in [6.45, 7) is 11.7. The second-order valence-electron chi connectivity index (χ2n) is 12.5. The van der Waals surface area contributed by atoms with Gasteiger partial charge in [0.15, 0.2) is 5.79 Å². The van der Waals surface area contributed by atoms with Crippen LogP contribution in [0, 0.1) is 46.3 Å². The molecular formula is C27H46O3. The van der Waals surface area contributed by atoms with Crippen LogP contribution in [0.1, 0.15) is 98.8 Å². The maximum Gasteiger partial charge on any atom is 0.166 e. The summed E-state index contributed by atoms with van der Waals surface area (Å²) in [5, 5.41) is 30.8. The molecular weight excluding hydrogens is 372 g/mol. The van der Waals surface area contributed by atoms with Crippen LogP contribution in [0.5, 0.6) is 0 Å². The van der Waals surface area contributed by atoms with E-state index in [4.69, 9.17) is 0 Å². The summed E-state index contributed by atoms with van der Waals surface area (Å²) in [7, 11) is 0. The average Bonchev–Trinajstić information content (AvgIpc) is 3.03. The first kappa shape index (κ1) is 22.8. The Morgan fingerprint density at radius 1 is 0.967 bits per heavy atom.